The number of nitrogens with two attached hydrogens (primary N) is 1. The van der Waals surface area contributed by atoms with Crippen LogP contribution >= 0.6 is 0 Å². The molecule has 0 aliphatic heterocycles. The second-order valence-electron chi connectivity index (χ2n) is 9.61. The Morgan fingerprint density at radius 3 is 2.63 bits per heavy atom. The summed E-state index contributed by atoms with van der Waals surface area (Å²) in [4.78, 5) is 29.2. The normalized spacial score (nSPS) is 11.9. The number of carbonyl (C=O) groups excluding carboxylic acids is 2. The van der Waals surface area contributed by atoms with Crippen molar-refractivity contribution in [1.29, 1.82) is 0 Å². The molecule has 0 fully saturated rings. The van der Waals surface area contributed by atoms with Gasteiger partial charge in [0, 0.05) is 35.8 Å². The van der Waals surface area contributed by atoms with Crippen molar-refractivity contribution in [3.63, 3.8) is 0 Å². The molecule has 4 aromatic rings. The zero-order valence-electron chi connectivity index (χ0n) is 21.8. The third-order valence-electron chi connectivity index (χ3n) is 6.55. The Kier molecular flexibility index (Phi) is 9.21. The predicted molar refractivity (Wildman–Crippen MR) is 148 cm³/mol. The average Bonchev–Trinajstić information content (AvgIpc) is 3.33. The van der Waals surface area contributed by atoms with Crippen LogP contribution in [0.15, 0.2) is 66.9 Å². The van der Waals surface area contributed by atoms with E-state index < -0.39 is 11.9 Å². The number of hydrogen-bond acceptors (Lipinski definition) is 6. The number of amides is 2. The van der Waals surface area contributed by atoms with Crippen molar-refractivity contribution in [2.75, 3.05) is 0 Å². The summed E-state index contributed by atoms with van der Waals surface area (Å²) in [7, 11) is 0. The zero-order chi connectivity index (χ0) is 26.9. The van der Waals surface area contributed by atoms with Crippen LogP contribution < -0.4 is 11.1 Å². The molecule has 2 aromatic heterocycles. The smallest absolute Gasteiger partial charge is 0.243 e. The second kappa shape index (κ2) is 13.0. The number of phenols is 1. The first kappa shape index (κ1) is 27.0. The van der Waals surface area contributed by atoms with Crippen LogP contribution in [0.5, 0.6) is 5.75 Å². The fourth-order valence-electron chi connectivity index (χ4n) is 4.37. The van der Waals surface area contributed by atoms with Crippen molar-refractivity contribution in [3.8, 4) is 17.0 Å². The van der Waals surface area contributed by atoms with Crippen molar-refractivity contribution in [1.82, 2.24) is 20.1 Å². The maximum absolute atomic E-state index is 12.3. The molecule has 4 N–H and O–H groups in total. The number of rotatable bonds is 12. The molecule has 0 aliphatic rings. The standard InChI is InChI=1S/C30H35N5O3/c1-2-3-16-35-24(19-28(34-35)23-18-22-8-4-6-10-27(22)32-20-23)9-5-7-11-29(37)33-30(38)26(31)17-21-12-14-25(36)15-13-21/h4,6,8,10,12-15,18-20,26,36H,2-3,5,7,9,11,16-17,31H2,1H3,(H,33,37,38). The molecule has 8 nitrogen and oxygen atoms in total. The van der Waals surface area contributed by atoms with Crippen LogP contribution in [0, 0.1) is 0 Å². The molecular weight excluding hydrogens is 478 g/mol. The van der Waals surface area contributed by atoms with Gasteiger partial charge in [0.25, 0.3) is 0 Å². The molecule has 0 bridgehead atoms. The number of imide groups is 1. The summed E-state index contributed by atoms with van der Waals surface area (Å²) in [5.74, 6) is -0.662. The van der Waals surface area contributed by atoms with E-state index in [0.717, 1.165) is 65.6 Å². The summed E-state index contributed by atoms with van der Waals surface area (Å²) in [5, 5.41) is 17.7. The molecular formula is C30H35N5O3. The molecule has 0 aliphatic carbocycles. The lowest BCUT2D eigenvalue weighted by molar-refractivity contribution is -0.131. The fraction of sp³-hybridized carbons (Fsp3) is 0.333. The minimum Gasteiger partial charge on any atom is -0.508 e. The first-order chi connectivity index (χ1) is 18.4. The number of para-hydroxylation sites is 1. The summed E-state index contributed by atoms with van der Waals surface area (Å²) in [6.07, 6.45) is 6.77. The number of fused-ring (bicyclic) bond motifs is 1. The van der Waals surface area contributed by atoms with Crippen LogP contribution in [0.2, 0.25) is 0 Å². The Balaban J connectivity index is 1.29. The Hall–Kier alpha value is -4.04. The van der Waals surface area contributed by atoms with Gasteiger partial charge in [0.15, 0.2) is 0 Å². The molecule has 1 unspecified atom stereocenters. The Morgan fingerprint density at radius 1 is 1.05 bits per heavy atom. The van der Waals surface area contributed by atoms with Gasteiger partial charge in [-0.3, -0.25) is 24.6 Å². The van der Waals surface area contributed by atoms with Gasteiger partial charge < -0.3 is 10.8 Å². The number of unbranched alkanes of at least 4 members (excludes halogenated alkanes) is 2. The molecule has 0 radical (unpaired) electrons. The average molecular weight is 514 g/mol. The van der Waals surface area contributed by atoms with Crippen LogP contribution in [-0.4, -0.2) is 37.7 Å². The van der Waals surface area contributed by atoms with E-state index in [1.807, 2.05) is 24.4 Å². The Labute approximate surface area is 222 Å². The van der Waals surface area contributed by atoms with E-state index >= 15 is 0 Å². The number of phenolic OH excluding ortho intramolecular Hbond substituents is 1. The maximum atomic E-state index is 12.3. The van der Waals surface area contributed by atoms with Gasteiger partial charge >= 0.3 is 0 Å². The SMILES string of the molecule is CCCCn1nc(-c2cnc3ccccc3c2)cc1CCCCC(=O)NC(=O)C(N)Cc1ccc(O)cc1. The number of nitrogens with one attached hydrogen (secondary N) is 1. The van der Waals surface area contributed by atoms with E-state index in [9.17, 15) is 14.7 Å². The fourth-order valence-corrected chi connectivity index (χ4v) is 4.37. The zero-order valence-corrected chi connectivity index (χ0v) is 21.8. The summed E-state index contributed by atoms with van der Waals surface area (Å²) in [5.41, 5.74) is 10.8. The van der Waals surface area contributed by atoms with Gasteiger partial charge in [0.1, 0.15) is 5.75 Å². The third-order valence-corrected chi connectivity index (χ3v) is 6.55. The molecule has 0 saturated carbocycles. The second-order valence-corrected chi connectivity index (χ2v) is 9.61. The number of aryl methyl sites for hydroxylation is 2. The summed E-state index contributed by atoms with van der Waals surface area (Å²) < 4.78 is 2.07. The molecule has 2 amide bonds. The first-order valence-corrected chi connectivity index (χ1v) is 13.2. The number of pyridine rings is 1. The van der Waals surface area contributed by atoms with E-state index in [1.165, 1.54) is 0 Å². The van der Waals surface area contributed by atoms with Crippen molar-refractivity contribution < 1.29 is 14.7 Å². The highest BCUT2D eigenvalue weighted by Gasteiger charge is 2.17. The van der Waals surface area contributed by atoms with Crippen molar-refractivity contribution >= 4 is 22.7 Å². The number of aromatic nitrogens is 3. The van der Waals surface area contributed by atoms with Gasteiger partial charge in [-0.15, -0.1) is 0 Å². The number of benzene rings is 2. The minimum absolute atomic E-state index is 0.150. The molecule has 1 atom stereocenters. The van der Waals surface area contributed by atoms with Gasteiger partial charge in [-0.2, -0.15) is 5.10 Å². The van der Waals surface area contributed by atoms with E-state index in [-0.39, 0.29) is 24.5 Å². The molecule has 38 heavy (non-hydrogen) atoms. The van der Waals surface area contributed by atoms with E-state index in [4.69, 9.17) is 10.8 Å². The lowest BCUT2D eigenvalue weighted by Gasteiger charge is -2.12. The van der Waals surface area contributed by atoms with Crippen molar-refractivity contribution in [2.24, 2.45) is 5.73 Å². The van der Waals surface area contributed by atoms with Crippen LogP contribution in [-0.2, 0) is 29.0 Å². The topological polar surface area (TPSA) is 123 Å². The van der Waals surface area contributed by atoms with Gasteiger partial charge in [0.05, 0.1) is 17.3 Å². The molecule has 198 valence electrons. The predicted octanol–water partition coefficient (Wildman–Crippen LogP) is 4.53. The molecule has 4 rings (SSSR count). The van der Waals surface area contributed by atoms with Gasteiger partial charge in [-0.25, -0.2) is 0 Å². The van der Waals surface area contributed by atoms with E-state index in [0.29, 0.717) is 6.42 Å². The monoisotopic (exact) mass is 513 g/mol. The number of nitrogens with zero attached hydrogens (tertiary/aromatic N) is 3. The molecule has 0 spiro atoms. The van der Waals surface area contributed by atoms with E-state index in [2.05, 4.69) is 40.1 Å². The number of aromatic hydroxyl groups is 1. The summed E-state index contributed by atoms with van der Waals surface area (Å²) >= 11 is 0. The Morgan fingerprint density at radius 2 is 1.84 bits per heavy atom. The first-order valence-electron chi connectivity index (χ1n) is 13.2. The van der Waals surface area contributed by atoms with Gasteiger partial charge in [-0.05, 0) is 68.0 Å². The van der Waals surface area contributed by atoms with Gasteiger partial charge in [0.2, 0.25) is 11.8 Å². The highest BCUT2D eigenvalue weighted by atomic mass is 16.3. The molecule has 0 saturated heterocycles. The van der Waals surface area contributed by atoms with E-state index in [1.54, 1.807) is 24.3 Å². The highest BCUT2D eigenvalue weighted by Crippen LogP contribution is 2.24. The quantitative estimate of drug-likeness (QED) is 0.239. The molecule has 2 aromatic carbocycles. The molecule has 8 heteroatoms. The summed E-state index contributed by atoms with van der Waals surface area (Å²) in [6, 6.07) is 17.9. The van der Waals surface area contributed by atoms with Crippen LogP contribution in [0.4, 0.5) is 0 Å². The van der Waals surface area contributed by atoms with Gasteiger partial charge in [-0.1, -0.05) is 43.7 Å². The maximum Gasteiger partial charge on any atom is 0.243 e. The number of carbonyl (C=O) groups is 2. The van der Waals surface area contributed by atoms with Crippen LogP contribution in [0.1, 0.15) is 50.3 Å². The lowest BCUT2D eigenvalue weighted by atomic mass is 10.1. The third kappa shape index (κ3) is 7.26. The molecule has 2 heterocycles. The van der Waals surface area contributed by atoms with Crippen LogP contribution in [0.3, 0.4) is 0 Å². The van der Waals surface area contributed by atoms with Crippen molar-refractivity contribution in [2.45, 2.75) is 64.5 Å². The lowest BCUT2D eigenvalue weighted by Crippen LogP contribution is -2.44. The number of hydrogen-bond donors (Lipinski definition) is 3. The van der Waals surface area contributed by atoms with Crippen LogP contribution in [0.25, 0.3) is 22.2 Å². The largest absolute Gasteiger partial charge is 0.508 e. The summed E-state index contributed by atoms with van der Waals surface area (Å²) in [6.45, 7) is 3.01. The Bertz CT molecular complexity index is 1380. The minimum atomic E-state index is -0.834. The van der Waals surface area contributed by atoms with Crippen molar-refractivity contribution in [3.05, 3.63) is 78.1 Å². The highest BCUT2D eigenvalue weighted by molar-refractivity contribution is 5.97.